The van der Waals surface area contributed by atoms with Crippen molar-refractivity contribution in [3.05, 3.63) is 0 Å². The van der Waals surface area contributed by atoms with Gasteiger partial charge in [0.25, 0.3) is 0 Å². The van der Waals surface area contributed by atoms with Crippen molar-refractivity contribution in [1.82, 2.24) is 4.90 Å². The third kappa shape index (κ3) is 3.29. The fourth-order valence-corrected chi connectivity index (χ4v) is 2.07. The predicted molar refractivity (Wildman–Crippen MR) is 56.1 cm³/mol. The molecular weight excluding hydrogens is 178 g/mol. The zero-order valence-electron chi connectivity index (χ0n) is 9.29. The molecule has 1 amide bonds. The van der Waals surface area contributed by atoms with Gasteiger partial charge in [-0.1, -0.05) is 25.7 Å². The molecule has 0 aromatic rings. The molecule has 0 atom stereocenters. The number of ether oxygens (including phenoxy) is 1. The molecule has 0 spiro atoms. The van der Waals surface area contributed by atoms with Gasteiger partial charge in [-0.3, -0.25) is 4.79 Å². The monoisotopic (exact) mass is 199 g/mol. The van der Waals surface area contributed by atoms with Crippen LogP contribution in [-0.2, 0) is 9.53 Å². The summed E-state index contributed by atoms with van der Waals surface area (Å²) in [5.74, 6) is 0.111. The van der Waals surface area contributed by atoms with Gasteiger partial charge in [-0.15, -0.1) is 0 Å². The average molecular weight is 199 g/mol. The van der Waals surface area contributed by atoms with E-state index < -0.39 is 0 Å². The van der Waals surface area contributed by atoms with E-state index in [0.717, 1.165) is 12.8 Å². The number of rotatable bonds is 3. The van der Waals surface area contributed by atoms with Crippen LogP contribution < -0.4 is 0 Å². The largest absolute Gasteiger partial charge is 0.375 e. The Labute approximate surface area is 86.4 Å². The van der Waals surface area contributed by atoms with Gasteiger partial charge in [0, 0.05) is 20.2 Å². The van der Waals surface area contributed by atoms with Gasteiger partial charge in [-0.05, 0) is 12.8 Å². The summed E-state index contributed by atoms with van der Waals surface area (Å²) in [6.45, 7) is 0.215. The van der Waals surface area contributed by atoms with Crippen molar-refractivity contribution in [1.29, 1.82) is 0 Å². The second-order valence-corrected chi connectivity index (χ2v) is 4.08. The smallest absolute Gasteiger partial charge is 0.248 e. The highest BCUT2D eigenvalue weighted by molar-refractivity contribution is 5.77. The highest BCUT2D eigenvalue weighted by Crippen LogP contribution is 2.20. The van der Waals surface area contributed by atoms with Gasteiger partial charge in [0.1, 0.15) is 6.61 Å². The number of nitrogens with zero attached hydrogens (tertiary/aromatic N) is 1. The molecule has 0 aromatic carbocycles. The molecule has 0 unspecified atom stereocenters. The molecule has 3 heteroatoms. The van der Waals surface area contributed by atoms with E-state index in [-0.39, 0.29) is 12.5 Å². The van der Waals surface area contributed by atoms with Crippen LogP contribution in [0.4, 0.5) is 0 Å². The summed E-state index contributed by atoms with van der Waals surface area (Å²) in [6, 6.07) is 0.445. The first-order valence-electron chi connectivity index (χ1n) is 5.50. The Hall–Kier alpha value is -0.570. The zero-order chi connectivity index (χ0) is 10.4. The highest BCUT2D eigenvalue weighted by atomic mass is 16.5. The lowest BCUT2D eigenvalue weighted by atomic mass is 10.1. The van der Waals surface area contributed by atoms with Gasteiger partial charge in [0.05, 0.1) is 0 Å². The van der Waals surface area contributed by atoms with Crippen LogP contribution in [0.1, 0.15) is 38.5 Å². The number of hydrogen-bond donors (Lipinski definition) is 0. The molecule has 1 aliphatic carbocycles. The number of carbonyl (C=O) groups excluding carboxylic acids is 1. The maximum Gasteiger partial charge on any atom is 0.248 e. The molecule has 1 aliphatic rings. The van der Waals surface area contributed by atoms with Crippen LogP contribution in [0.25, 0.3) is 0 Å². The fourth-order valence-electron chi connectivity index (χ4n) is 2.07. The van der Waals surface area contributed by atoms with Gasteiger partial charge in [0.15, 0.2) is 0 Å². The summed E-state index contributed by atoms with van der Waals surface area (Å²) in [5, 5.41) is 0. The molecule has 82 valence electrons. The van der Waals surface area contributed by atoms with Crippen LogP contribution in [0.3, 0.4) is 0 Å². The van der Waals surface area contributed by atoms with E-state index in [4.69, 9.17) is 4.74 Å². The SMILES string of the molecule is COCC(=O)N(C)C1CCCCCC1. The summed E-state index contributed by atoms with van der Waals surface area (Å²) in [6.07, 6.45) is 7.48. The molecule has 1 rings (SSSR count). The van der Waals surface area contributed by atoms with E-state index in [9.17, 15) is 4.79 Å². The van der Waals surface area contributed by atoms with Crippen molar-refractivity contribution in [3.8, 4) is 0 Å². The second kappa shape index (κ2) is 6.02. The van der Waals surface area contributed by atoms with Crippen molar-refractivity contribution in [2.75, 3.05) is 20.8 Å². The van der Waals surface area contributed by atoms with Crippen LogP contribution in [0.5, 0.6) is 0 Å². The van der Waals surface area contributed by atoms with Crippen molar-refractivity contribution < 1.29 is 9.53 Å². The first-order valence-corrected chi connectivity index (χ1v) is 5.50. The lowest BCUT2D eigenvalue weighted by Crippen LogP contribution is -2.38. The number of amides is 1. The third-order valence-corrected chi connectivity index (χ3v) is 3.03. The summed E-state index contributed by atoms with van der Waals surface area (Å²) in [4.78, 5) is 13.4. The Balaban J connectivity index is 2.40. The standard InChI is InChI=1S/C11H21NO2/c1-12(11(13)9-14-2)10-7-5-3-4-6-8-10/h10H,3-9H2,1-2H3. The molecule has 3 nitrogen and oxygen atoms in total. The molecule has 0 bridgehead atoms. The van der Waals surface area contributed by atoms with Gasteiger partial charge in [0.2, 0.25) is 5.91 Å². The topological polar surface area (TPSA) is 29.5 Å². The summed E-state index contributed by atoms with van der Waals surface area (Å²) in [7, 11) is 3.47. The minimum Gasteiger partial charge on any atom is -0.375 e. The van der Waals surface area contributed by atoms with Gasteiger partial charge in [-0.2, -0.15) is 0 Å². The first-order chi connectivity index (χ1) is 6.75. The van der Waals surface area contributed by atoms with Crippen molar-refractivity contribution >= 4 is 5.91 Å². The minimum absolute atomic E-state index is 0.111. The number of hydrogen-bond acceptors (Lipinski definition) is 2. The highest BCUT2D eigenvalue weighted by Gasteiger charge is 2.20. The quantitative estimate of drug-likeness (QED) is 0.649. The van der Waals surface area contributed by atoms with Gasteiger partial charge in [-0.25, -0.2) is 0 Å². The van der Waals surface area contributed by atoms with Crippen LogP contribution in [-0.4, -0.2) is 37.6 Å². The van der Waals surface area contributed by atoms with Crippen LogP contribution in [0.2, 0.25) is 0 Å². The lowest BCUT2D eigenvalue weighted by Gasteiger charge is -2.26. The molecule has 0 N–H and O–H groups in total. The molecule has 1 fully saturated rings. The van der Waals surface area contributed by atoms with E-state index in [1.807, 2.05) is 11.9 Å². The van der Waals surface area contributed by atoms with E-state index in [1.54, 1.807) is 7.11 Å². The maximum atomic E-state index is 11.6. The molecule has 0 aromatic heterocycles. The van der Waals surface area contributed by atoms with Crippen molar-refractivity contribution in [3.63, 3.8) is 0 Å². The molecule has 1 saturated carbocycles. The predicted octanol–water partition coefficient (Wildman–Crippen LogP) is 1.81. The summed E-state index contributed by atoms with van der Waals surface area (Å²) >= 11 is 0. The number of methoxy groups -OCH3 is 1. The minimum atomic E-state index is 0.111. The second-order valence-electron chi connectivity index (χ2n) is 4.08. The Morgan fingerprint density at radius 3 is 2.36 bits per heavy atom. The van der Waals surface area contributed by atoms with E-state index in [0.29, 0.717) is 6.04 Å². The third-order valence-electron chi connectivity index (χ3n) is 3.03. The van der Waals surface area contributed by atoms with Crippen LogP contribution >= 0.6 is 0 Å². The van der Waals surface area contributed by atoms with Crippen LogP contribution in [0, 0.1) is 0 Å². The van der Waals surface area contributed by atoms with Gasteiger partial charge >= 0.3 is 0 Å². The molecular formula is C11H21NO2. The molecule has 0 radical (unpaired) electrons. The Morgan fingerprint density at radius 1 is 1.29 bits per heavy atom. The Bertz CT molecular complexity index is 174. The molecule has 0 saturated heterocycles. The zero-order valence-corrected chi connectivity index (χ0v) is 9.29. The molecule has 0 heterocycles. The number of carbonyl (C=O) groups is 1. The van der Waals surface area contributed by atoms with E-state index in [2.05, 4.69) is 0 Å². The van der Waals surface area contributed by atoms with E-state index in [1.165, 1.54) is 25.7 Å². The summed E-state index contributed by atoms with van der Waals surface area (Å²) in [5.41, 5.74) is 0. The average Bonchev–Trinajstić information content (AvgIpc) is 2.45. The Morgan fingerprint density at radius 2 is 1.86 bits per heavy atom. The molecule has 0 aliphatic heterocycles. The lowest BCUT2D eigenvalue weighted by molar-refractivity contribution is -0.136. The van der Waals surface area contributed by atoms with Gasteiger partial charge < -0.3 is 9.64 Å². The van der Waals surface area contributed by atoms with Crippen LogP contribution in [0.15, 0.2) is 0 Å². The fraction of sp³-hybridized carbons (Fsp3) is 0.909. The van der Waals surface area contributed by atoms with Crippen molar-refractivity contribution in [2.24, 2.45) is 0 Å². The normalized spacial score (nSPS) is 19.0. The Kier molecular flexibility index (Phi) is 4.94. The first kappa shape index (κ1) is 11.5. The number of likely N-dealkylation sites (N-methyl/N-ethyl adjacent to an activating group) is 1. The van der Waals surface area contributed by atoms with E-state index >= 15 is 0 Å². The maximum absolute atomic E-state index is 11.6. The molecule has 14 heavy (non-hydrogen) atoms. The van der Waals surface area contributed by atoms with Crippen molar-refractivity contribution in [2.45, 2.75) is 44.6 Å². The summed E-state index contributed by atoms with van der Waals surface area (Å²) < 4.78 is 4.86.